The zero-order valence-electron chi connectivity index (χ0n) is 9.69. The van der Waals surface area contributed by atoms with Crippen LogP contribution in [0, 0.1) is 0 Å². The van der Waals surface area contributed by atoms with E-state index in [9.17, 15) is 4.79 Å². The Balaban J connectivity index is 1.82. The molecule has 0 unspecified atom stereocenters. The second kappa shape index (κ2) is 4.13. The van der Waals surface area contributed by atoms with Gasteiger partial charge in [-0.1, -0.05) is 12.1 Å². The lowest BCUT2D eigenvalue weighted by Crippen LogP contribution is -2.25. The van der Waals surface area contributed by atoms with Crippen molar-refractivity contribution < 1.29 is 9.63 Å². The van der Waals surface area contributed by atoms with Gasteiger partial charge >= 0.3 is 0 Å². The first-order valence-corrected chi connectivity index (χ1v) is 6.04. The van der Waals surface area contributed by atoms with Crippen molar-refractivity contribution in [1.29, 1.82) is 0 Å². The van der Waals surface area contributed by atoms with Gasteiger partial charge in [0.1, 0.15) is 0 Å². The van der Waals surface area contributed by atoms with Gasteiger partial charge in [0.2, 0.25) is 0 Å². The highest BCUT2D eigenvalue weighted by atomic mass is 16.6. The molecule has 17 heavy (non-hydrogen) atoms. The molecule has 0 atom stereocenters. The van der Waals surface area contributed by atoms with Crippen molar-refractivity contribution >= 4 is 5.91 Å². The fourth-order valence-electron chi connectivity index (χ4n) is 2.38. The van der Waals surface area contributed by atoms with Crippen molar-refractivity contribution in [3.8, 4) is 0 Å². The van der Waals surface area contributed by atoms with Crippen molar-refractivity contribution in [2.75, 3.05) is 6.61 Å². The number of rotatable bonds is 4. The largest absolute Gasteiger partial charge is 0.331 e. The molecular weight excluding hydrogens is 216 g/mol. The highest BCUT2D eigenvalue weighted by molar-refractivity contribution is 5.98. The van der Waals surface area contributed by atoms with E-state index in [-0.39, 0.29) is 5.91 Å². The predicted octanol–water partition coefficient (Wildman–Crippen LogP) is 1.24. The van der Waals surface area contributed by atoms with Gasteiger partial charge in [-0.15, -0.1) is 0 Å². The van der Waals surface area contributed by atoms with Gasteiger partial charge in [0.15, 0.2) is 0 Å². The van der Waals surface area contributed by atoms with Crippen LogP contribution in [0.2, 0.25) is 0 Å². The smallest absolute Gasteiger partial charge is 0.254 e. The minimum absolute atomic E-state index is 0.193. The van der Waals surface area contributed by atoms with Crippen LogP contribution in [0.4, 0.5) is 0 Å². The number of nitrogens with zero attached hydrogens (tertiary/aromatic N) is 1. The maximum absolute atomic E-state index is 12.2. The zero-order valence-corrected chi connectivity index (χ0v) is 9.69. The van der Waals surface area contributed by atoms with E-state index < -0.39 is 0 Å². The Morgan fingerprint density at radius 3 is 2.94 bits per heavy atom. The van der Waals surface area contributed by atoms with Crippen LogP contribution in [0.1, 0.15) is 34.3 Å². The zero-order chi connectivity index (χ0) is 11.8. The predicted molar refractivity (Wildman–Crippen MR) is 63.2 cm³/mol. The summed E-state index contributed by atoms with van der Waals surface area (Å²) in [5.41, 5.74) is 3.13. The molecule has 2 N–H and O–H groups in total. The molecule has 1 amide bonds. The van der Waals surface area contributed by atoms with Crippen LogP contribution < -0.4 is 5.90 Å². The second-order valence-electron chi connectivity index (χ2n) is 4.78. The van der Waals surface area contributed by atoms with Crippen molar-refractivity contribution in [1.82, 2.24) is 4.90 Å². The molecule has 0 saturated heterocycles. The summed E-state index contributed by atoms with van der Waals surface area (Å²) >= 11 is 0. The Hall–Kier alpha value is -1.39. The van der Waals surface area contributed by atoms with Crippen molar-refractivity contribution in [3.63, 3.8) is 0 Å². The van der Waals surface area contributed by atoms with E-state index in [4.69, 9.17) is 5.90 Å². The van der Waals surface area contributed by atoms with Crippen molar-refractivity contribution in [2.45, 2.75) is 31.8 Å². The lowest BCUT2D eigenvalue weighted by molar-refractivity contribution is 0.0766. The molecule has 0 spiro atoms. The summed E-state index contributed by atoms with van der Waals surface area (Å²) in [7, 11) is 0. The van der Waals surface area contributed by atoms with E-state index in [1.807, 2.05) is 11.0 Å². The maximum Gasteiger partial charge on any atom is 0.254 e. The van der Waals surface area contributed by atoms with Gasteiger partial charge in [0, 0.05) is 18.2 Å². The first-order chi connectivity index (χ1) is 8.29. The summed E-state index contributed by atoms with van der Waals surface area (Å²) < 4.78 is 0. The van der Waals surface area contributed by atoms with E-state index in [1.165, 1.54) is 0 Å². The molecule has 1 aromatic carbocycles. The van der Waals surface area contributed by atoms with Crippen molar-refractivity contribution in [3.05, 3.63) is 34.9 Å². The molecule has 4 nitrogen and oxygen atoms in total. The van der Waals surface area contributed by atoms with Gasteiger partial charge in [-0.25, -0.2) is 5.90 Å². The molecule has 4 heteroatoms. The normalized spacial score (nSPS) is 18.6. The third-order valence-corrected chi connectivity index (χ3v) is 3.50. The molecule has 1 aromatic rings. The molecule has 0 bridgehead atoms. The van der Waals surface area contributed by atoms with Gasteiger partial charge in [0.05, 0.1) is 6.61 Å². The number of nitrogens with two attached hydrogens (primary N) is 1. The van der Waals surface area contributed by atoms with Crippen LogP contribution in [0.15, 0.2) is 18.2 Å². The first kappa shape index (κ1) is 10.7. The molecule has 1 heterocycles. The van der Waals surface area contributed by atoms with Crippen LogP contribution >= 0.6 is 0 Å². The minimum Gasteiger partial charge on any atom is -0.331 e. The van der Waals surface area contributed by atoms with Crippen LogP contribution in [-0.2, 0) is 17.8 Å². The third-order valence-electron chi connectivity index (χ3n) is 3.50. The molecule has 1 saturated carbocycles. The van der Waals surface area contributed by atoms with E-state index in [2.05, 4.69) is 17.0 Å². The number of hydrogen-bond donors (Lipinski definition) is 1. The summed E-state index contributed by atoms with van der Waals surface area (Å²) in [4.78, 5) is 18.7. The van der Waals surface area contributed by atoms with Gasteiger partial charge < -0.3 is 9.74 Å². The van der Waals surface area contributed by atoms with Crippen LogP contribution in [0.25, 0.3) is 0 Å². The first-order valence-electron chi connectivity index (χ1n) is 6.04. The number of benzene rings is 1. The summed E-state index contributed by atoms with van der Waals surface area (Å²) in [5.74, 6) is 5.20. The number of carbonyl (C=O) groups is 1. The number of carbonyl (C=O) groups excluding carboxylic acids is 1. The molecule has 0 aromatic heterocycles. The van der Waals surface area contributed by atoms with E-state index >= 15 is 0 Å². The highest BCUT2D eigenvalue weighted by Gasteiger charge is 2.38. The summed E-state index contributed by atoms with van der Waals surface area (Å²) in [6.45, 7) is 1.27. The molecule has 0 radical (unpaired) electrons. The molecule has 1 fully saturated rings. The van der Waals surface area contributed by atoms with E-state index in [1.54, 1.807) is 0 Å². The number of hydrogen-bond acceptors (Lipinski definition) is 3. The summed E-state index contributed by atoms with van der Waals surface area (Å²) in [5, 5.41) is 0. The average molecular weight is 232 g/mol. The maximum atomic E-state index is 12.2. The quantitative estimate of drug-likeness (QED) is 0.794. The standard InChI is InChI=1S/C13H16N2O2/c14-17-6-5-9-1-2-10-8-15(11-3-4-11)13(16)12(10)7-9/h1-2,7,11H,3-6,8,14H2. The molecule has 2 aliphatic rings. The monoisotopic (exact) mass is 232 g/mol. The fraction of sp³-hybridized carbons (Fsp3) is 0.462. The Morgan fingerprint density at radius 2 is 2.24 bits per heavy atom. The fourth-order valence-corrected chi connectivity index (χ4v) is 2.38. The van der Waals surface area contributed by atoms with Gasteiger partial charge in [0.25, 0.3) is 5.91 Å². The third kappa shape index (κ3) is 1.94. The Morgan fingerprint density at radius 1 is 1.41 bits per heavy atom. The number of fused-ring (bicyclic) bond motifs is 1. The molecule has 90 valence electrons. The average Bonchev–Trinajstić information content (AvgIpc) is 3.13. The lowest BCUT2D eigenvalue weighted by Gasteiger charge is -2.13. The van der Waals surface area contributed by atoms with Gasteiger partial charge in [-0.3, -0.25) is 4.79 Å². The Kier molecular flexibility index (Phi) is 2.61. The molecule has 3 rings (SSSR count). The highest BCUT2D eigenvalue weighted by Crippen LogP contribution is 2.34. The SMILES string of the molecule is NOCCc1ccc2c(c1)C(=O)N(C1CC1)C2. The van der Waals surface area contributed by atoms with Gasteiger partial charge in [-0.05, 0) is 36.5 Å². The summed E-state index contributed by atoms with van der Waals surface area (Å²) in [6.07, 6.45) is 3.07. The Labute approximate surface area is 100 Å². The molecule has 1 aliphatic carbocycles. The lowest BCUT2D eigenvalue weighted by atomic mass is 10.0. The summed E-state index contributed by atoms with van der Waals surface area (Å²) in [6, 6.07) is 6.59. The van der Waals surface area contributed by atoms with Crippen LogP contribution in [-0.4, -0.2) is 23.5 Å². The molecule has 1 aliphatic heterocycles. The topological polar surface area (TPSA) is 55.6 Å². The number of amides is 1. The van der Waals surface area contributed by atoms with E-state index in [0.29, 0.717) is 12.6 Å². The minimum atomic E-state index is 0.193. The van der Waals surface area contributed by atoms with Gasteiger partial charge in [-0.2, -0.15) is 0 Å². The Bertz CT molecular complexity index is 455. The van der Waals surface area contributed by atoms with Crippen LogP contribution in [0.3, 0.4) is 0 Å². The van der Waals surface area contributed by atoms with Crippen molar-refractivity contribution in [2.24, 2.45) is 5.90 Å². The van der Waals surface area contributed by atoms with Crippen LogP contribution in [0.5, 0.6) is 0 Å². The second-order valence-corrected chi connectivity index (χ2v) is 4.78. The molecular formula is C13H16N2O2. The van der Waals surface area contributed by atoms with E-state index in [0.717, 1.165) is 42.5 Å².